The first kappa shape index (κ1) is 20.2. The Morgan fingerprint density at radius 3 is 2.30 bits per heavy atom. The van der Waals surface area contributed by atoms with E-state index in [9.17, 15) is 9.59 Å². The lowest BCUT2D eigenvalue weighted by Gasteiger charge is -2.37. The predicted octanol–water partition coefficient (Wildman–Crippen LogP) is 2.95. The molecule has 1 fully saturated rings. The van der Waals surface area contributed by atoms with Crippen LogP contribution in [-0.2, 0) is 18.2 Å². The smallest absolute Gasteiger partial charge is 0.329 e. The molecule has 4 rings (SSSR count). The van der Waals surface area contributed by atoms with E-state index in [2.05, 4.69) is 28.1 Å². The Balaban J connectivity index is 1.82. The molecule has 3 aromatic rings. The molecule has 30 heavy (non-hydrogen) atoms. The second-order valence-electron chi connectivity index (χ2n) is 7.98. The molecule has 6 nitrogen and oxygen atoms in total. The van der Waals surface area contributed by atoms with Crippen molar-refractivity contribution >= 4 is 5.82 Å². The summed E-state index contributed by atoms with van der Waals surface area (Å²) in [5.74, 6) is 0.605. The van der Waals surface area contributed by atoms with Crippen LogP contribution in [0.2, 0.25) is 0 Å². The molecule has 6 heteroatoms. The zero-order chi connectivity index (χ0) is 21.3. The molecular weight excluding hydrogens is 378 g/mol. The van der Waals surface area contributed by atoms with Gasteiger partial charge in [-0.3, -0.25) is 14.3 Å². The van der Waals surface area contributed by atoms with E-state index in [1.54, 1.807) is 0 Å². The fraction of sp³-hybridized carbons (Fsp3) is 0.333. The van der Waals surface area contributed by atoms with Crippen LogP contribution in [0, 0.1) is 0 Å². The number of rotatable bonds is 4. The number of benzene rings is 2. The second-order valence-corrected chi connectivity index (χ2v) is 7.98. The van der Waals surface area contributed by atoms with Gasteiger partial charge in [-0.15, -0.1) is 0 Å². The van der Waals surface area contributed by atoms with E-state index in [0.29, 0.717) is 30.9 Å². The van der Waals surface area contributed by atoms with Crippen molar-refractivity contribution in [3.63, 3.8) is 0 Å². The molecule has 2 aromatic carbocycles. The molecule has 156 valence electrons. The number of aromatic amines is 1. The number of ether oxygens (including phenoxy) is 1. The maximum atomic E-state index is 13.2. The molecule has 0 bridgehead atoms. The molecule has 2 heterocycles. The van der Waals surface area contributed by atoms with Gasteiger partial charge in [0.15, 0.2) is 0 Å². The minimum Gasteiger partial charge on any atom is -0.372 e. The van der Waals surface area contributed by atoms with Gasteiger partial charge in [-0.25, -0.2) is 4.79 Å². The number of H-pyrrole nitrogens is 1. The van der Waals surface area contributed by atoms with Crippen LogP contribution in [0.15, 0.2) is 64.2 Å². The van der Waals surface area contributed by atoms with Crippen LogP contribution in [0.25, 0.3) is 11.1 Å². The number of hydrogen-bond donors (Lipinski definition) is 1. The molecule has 0 spiro atoms. The summed E-state index contributed by atoms with van der Waals surface area (Å²) in [7, 11) is 1.52. The number of hydrogen-bond acceptors (Lipinski definition) is 4. The van der Waals surface area contributed by atoms with E-state index >= 15 is 0 Å². The monoisotopic (exact) mass is 405 g/mol. The van der Waals surface area contributed by atoms with E-state index in [1.807, 2.05) is 50.2 Å². The molecule has 1 aliphatic rings. The van der Waals surface area contributed by atoms with Crippen molar-refractivity contribution in [3.05, 3.63) is 86.6 Å². The Labute approximate surface area is 175 Å². The Morgan fingerprint density at radius 1 is 0.967 bits per heavy atom. The highest BCUT2D eigenvalue weighted by Crippen LogP contribution is 2.27. The van der Waals surface area contributed by atoms with E-state index in [4.69, 9.17) is 4.74 Å². The van der Waals surface area contributed by atoms with Gasteiger partial charge in [-0.05, 0) is 30.5 Å². The van der Waals surface area contributed by atoms with E-state index in [1.165, 1.54) is 7.05 Å². The third kappa shape index (κ3) is 3.96. The summed E-state index contributed by atoms with van der Waals surface area (Å²) in [6.45, 7) is 5.26. The van der Waals surface area contributed by atoms with Gasteiger partial charge in [0.2, 0.25) is 0 Å². The first-order chi connectivity index (χ1) is 14.4. The van der Waals surface area contributed by atoms with E-state index < -0.39 is 5.69 Å². The van der Waals surface area contributed by atoms with Gasteiger partial charge in [-0.2, -0.15) is 0 Å². The molecule has 1 aromatic heterocycles. The fourth-order valence-corrected chi connectivity index (χ4v) is 4.21. The van der Waals surface area contributed by atoms with Crippen LogP contribution in [0.4, 0.5) is 5.82 Å². The minimum absolute atomic E-state index is 0.0192. The third-order valence-corrected chi connectivity index (χ3v) is 5.58. The average Bonchev–Trinajstić information content (AvgIpc) is 2.74. The standard InChI is InChI=1S/C24H27N3O3/c1-16-14-27(15-17(2)30-16)22-21(23(28)26(3)24(29)25-22)13-19-11-7-8-12-20(19)18-9-5-4-6-10-18/h4-12,16-17H,13-15H2,1-3H3,(H,25,29). The average molecular weight is 405 g/mol. The molecule has 1 aliphatic heterocycles. The molecule has 0 radical (unpaired) electrons. The van der Waals surface area contributed by atoms with Crippen molar-refractivity contribution in [2.45, 2.75) is 32.5 Å². The number of aromatic nitrogens is 2. The van der Waals surface area contributed by atoms with Crippen molar-refractivity contribution in [1.82, 2.24) is 9.55 Å². The van der Waals surface area contributed by atoms with Crippen molar-refractivity contribution in [3.8, 4) is 11.1 Å². The lowest BCUT2D eigenvalue weighted by atomic mass is 9.95. The number of nitrogens with zero attached hydrogens (tertiary/aromatic N) is 2. The van der Waals surface area contributed by atoms with Gasteiger partial charge in [0.25, 0.3) is 5.56 Å². The number of anilines is 1. The van der Waals surface area contributed by atoms with Crippen molar-refractivity contribution in [2.24, 2.45) is 7.05 Å². The van der Waals surface area contributed by atoms with Gasteiger partial charge in [0.1, 0.15) is 5.82 Å². The van der Waals surface area contributed by atoms with Crippen LogP contribution in [0.3, 0.4) is 0 Å². The highest BCUT2D eigenvalue weighted by atomic mass is 16.5. The number of morpholine rings is 1. The summed E-state index contributed by atoms with van der Waals surface area (Å²) >= 11 is 0. The molecule has 0 aliphatic carbocycles. The van der Waals surface area contributed by atoms with Crippen molar-refractivity contribution < 1.29 is 4.74 Å². The van der Waals surface area contributed by atoms with Gasteiger partial charge in [0, 0.05) is 26.6 Å². The quantitative estimate of drug-likeness (QED) is 0.725. The summed E-state index contributed by atoms with van der Waals surface area (Å²) < 4.78 is 6.99. The van der Waals surface area contributed by atoms with Crippen LogP contribution < -0.4 is 16.1 Å². The molecule has 1 N–H and O–H groups in total. The molecular formula is C24H27N3O3. The van der Waals surface area contributed by atoms with Crippen LogP contribution in [0.5, 0.6) is 0 Å². The van der Waals surface area contributed by atoms with Crippen molar-refractivity contribution in [2.75, 3.05) is 18.0 Å². The first-order valence-electron chi connectivity index (χ1n) is 10.3. The highest BCUT2D eigenvalue weighted by molar-refractivity contribution is 5.68. The van der Waals surface area contributed by atoms with Crippen LogP contribution in [-0.4, -0.2) is 34.8 Å². The summed E-state index contributed by atoms with van der Waals surface area (Å²) in [5.41, 5.74) is 3.17. The van der Waals surface area contributed by atoms with Gasteiger partial charge in [0.05, 0.1) is 17.8 Å². The normalized spacial score (nSPS) is 19.1. The SMILES string of the molecule is CC1CN(c2[nH]c(=O)n(C)c(=O)c2Cc2ccccc2-c2ccccc2)CC(C)O1. The highest BCUT2D eigenvalue weighted by Gasteiger charge is 2.26. The lowest BCUT2D eigenvalue weighted by molar-refractivity contribution is -0.00553. The molecule has 1 saturated heterocycles. The van der Waals surface area contributed by atoms with Crippen molar-refractivity contribution in [1.29, 1.82) is 0 Å². The maximum Gasteiger partial charge on any atom is 0.329 e. The Hall–Kier alpha value is -3.12. The summed E-state index contributed by atoms with van der Waals surface area (Å²) in [4.78, 5) is 30.6. The summed E-state index contributed by atoms with van der Waals surface area (Å²) in [5, 5.41) is 0. The predicted molar refractivity (Wildman–Crippen MR) is 119 cm³/mol. The largest absolute Gasteiger partial charge is 0.372 e. The summed E-state index contributed by atoms with van der Waals surface area (Å²) in [6, 6.07) is 18.2. The zero-order valence-corrected chi connectivity index (χ0v) is 17.6. The molecule has 0 amide bonds. The maximum absolute atomic E-state index is 13.2. The Morgan fingerprint density at radius 2 is 1.60 bits per heavy atom. The Bertz CT molecular complexity index is 1140. The molecule has 2 atom stereocenters. The Kier molecular flexibility index (Phi) is 5.59. The topological polar surface area (TPSA) is 67.3 Å². The first-order valence-corrected chi connectivity index (χ1v) is 10.3. The lowest BCUT2D eigenvalue weighted by Crippen LogP contribution is -2.48. The van der Waals surface area contributed by atoms with Gasteiger partial charge in [-0.1, -0.05) is 54.6 Å². The van der Waals surface area contributed by atoms with Crippen LogP contribution >= 0.6 is 0 Å². The molecule has 2 unspecified atom stereocenters. The second kappa shape index (κ2) is 8.32. The van der Waals surface area contributed by atoms with Crippen LogP contribution in [0.1, 0.15) is 25.0 Å². The summed E-state index contributed by atoms with van der Waals surface area (Å²) in [6.07, 6.45) is 0.473. The number of nitrogens with one attached hydrogen (secondary N) is 1. The van der Waals surface area contributed by atoms with Gasteiger partial charge >= 0.3 is 5.69 Å². The third-order valence-electron chi connectivity index (χ3n) is 5.58. The van der Waals surface area contributed by atoms with Gasteiger partial charge < -0.3 is 9.64 Å². The zero-order valence-electron chi connectivity index (χ0n) is 17.6. The fourth-order valence-electron chi connectivity index (χ4n) is 4.21. The minimum atomic E-state index is -0.401. The molecule has 0 saturated carbocycles. The van der Waals surface area contributed by atoms with E-state index in [0.717, 1.165) is 21.3 Å². The van der Waals surface area contributed by atoms with E-state index in [-0.39, 0.29) is 17.8 Å².